The number of hydrogen-bond donors (Lipinski definition) is 1. The number of benzene rings is 1. The van der Waals surface area contributed by atoms with Crippen LogP contribution in [0.1, 0.15) is 31.0 Å². The van der Waals surface area contributed by atoms with Crippen LogP contribution in [0.25, 0.3) is 6.08 Å². The number of nitrogens with one attached hydrogen (secondary N) is 1. The van der Waals surface area contributed by atoms with Gasteiger partial charge in [0.2, 0.25) is 11.8 Å². The quantitative estimate of drug-likeness (QED) is 0.527. The maximum absolute atomic E-state index is 14.2. The number of hydrogen-bond acceptors (Lipinski definition) is 6. The molecular formula is C24H24FN5O2S. The molecular weight excluding hydrogens is 441 g/mol. The molecule has 0 aliphatic carbocycles. The molecule has 1 fully saturated rings. The van der Waals surface area contributed by atoms with Crippen molar-refractivity contribution in [2.45, 2.75) is 26.3 Å². The molecule has 0 spiro atoms. The number of carbonyl (C=O) groups is 2. The van der Waals surface area contributed by atoms with Gasteiger partial charge in [0.1, 0.15) is 11.6 Å². The van der Waals surface area contributed by atoms with Crippen molar-refractivity contribution in [3.63, 3.8) is 0 Å². The fourth-order valence-electron chi connectivity index (χ4n) is 3.59. The summed E-state index contributed by atoms with van der Waals surface area (Å²) >= 11 is 1.20. The summed E-state index contributed by atoms with van der Waals surface area (Å²) in [7, 11) is 0. The van der Waals surface area contributed by atoms with E-state index in [-0.39, 0.29) is 17.5 Å². The van der Waals surface area contributed by atoms with Gasteiger partial charge in [0.25, 0.3) is 0 Å². The highest BCUT2D eigenvalue weighted by atomic mass is 32.1. The number of rotatable bonds is 7. The second-order valence-electron chi connectivity index (χ2n) is 7.63. The Balaban J connectivity index is 1.38. The minimum atomic E-state index is -0.511. The first-order valence-corrected chi connectivity index (χ1v) is 11.6. The van der Waals surface area contributed by atoms with Crippen LogP contribution in [-0.2, 0) is 16.1 Å². The van der Waals surface area contributed by atoms with Gasteiger partial charge in [-0.15, -0.1) is 11.3 Å². The van der Waals surface area contributed by atoms with Crippen LogP contribution in [0.2, 0.25) is 0 Å². The van der Waals surface area contributed by atoms with Gasteiger partial charge in [0.15, 0.2) is 5.13 Å². The standard InChI is InChI=1S/C24H24FN5O2S/c1-17(31)30(21-7-3-2-6-20(21)25)24-28-19(16-33-24)8-9-23(32)27-15-18-10-11-26-22(14-18)29-12-4-5-13-29/h2-3,6-11,14,16H,4-5,12-13,15H2,1H3,(H,27,32)/b9-8+. The Hall–Kier alpha value is -3.59. The van der Waals surface area contributed by atoms with Gasteiger partial charge in [-0.05, 0) is 48.7 Å². The lowest BCUT2D eigenvalue weighted by molar-refractivity contribution is -0.117. The van der Waals surface area contributed by atoms with Crippen molar-refractivity contribution in [2.75, 3.05) is 22.9 Å². The molecule has 1 saturated heterocycles. The van der Waals surface area contributed by atoms with Crippen LogP contribution in [0, 0.1) is 5.82 Å². The van der Waals surface area contributed by atoms with E-state index in [4.69, 9.17) is 0 Å². The molecule has 33 heavy (non-hydrogen) atoms. The topological polar surface area (TPSA) is 78.4 Å². The van der Waals surface area contributed by atoms with Crippen molar-refractivity contribution < 1.29 is 14.0 Å². The van der Waals surface area contributed by atoms with Crippen molar-refractivity contribution in [1.29, 1.82) is 0 Å². The molecule has 1 aliphatic heterocycles. The van der Waals surface area contributed by atoms with Crippen LogP contribution in [0.4, 0.5) is 21.0 Å². The lowest BCUT2D eigenvalue weighted by Crippen LogP contribution is -2.23. The van der Waals surface area contributed by atoms with E-state index < -0.39 is 5.82 Å². The number of amides is 2. The Labute approximate surface area is 195 Å². The highest BCUT2D eigenvalue weighted by Gasteiger charge is 2.20. The number of carbonyl (C=O) groups excluding carboxylic acids is 2. The molecule has 2 amide bonds. The molecule has 0 unspecified atom stereocenters. The van der Waals surface area contributed by atoms with Crippen molar-refractivity contribution in [3.8, 4) is 0 Å². The lowest BCUT2D eigenvalue weighted by Gasteiger charge is -2.18. The summed E-state index contributed by atoms with van der Waals surface area (Å²) in [6, 6.07) is 9.92. The maximum atomic E-state index is 14.2. The summed E-state index contributed by atoms with van der Waals surface area (Å²) in [5.74, 6) is -0.187. The number of nitrogens with zero attached hydrogens (tertiary/aromatic N) is 4. The van der Waals surface area contributed by atoms with E-state index in [1.807, 2.05) is 12.1 Å². The molecule has 3 aromatic rings. The predicted molar refractivity (Wildman–Crippen MR) is 128 cm³/mol. The average molecular weight is 466 g/mol. The SMILES string of the molecule is CC(=O)N(c1nc(/C=C/C(=O)NCc2ccnc(N3CCCC3)c2)cs1)c1ccccc1F. The van der Waals surface area contributed by atoms with Gasteiger partial charge >= 0.3 is 0 Å². The minimum absolute atomic E-state index is 0.137. The Kier molecular flexibility index (Phi) is 7.09. The largest absolute Gasteiger partial charge is 0.357 e. The second-order valence-corrected chi connectivity index (χ2v) is 8.46. The normalized spacial score (nSPS) is 13.5. The number of halogens is 1. The number of para-hydroxylation sites is 1. The fourth-order valence-corrected chi connectivity index (χ4v) is 4.44. The Morgan fingerprint density at radius 1 is 1.24 bits per heavy atom. The molecule has 1 N–H and O–H groups in total. The van der Waals surface area contributed by atoms with Crippen LogP contribution in [0.15, 0.2) is 54.1 Å². The Morgan fingerprint density at radius 2 is 2.03 bits per heavy atom. The summed E-state index contributed by atoms with van der Waals surface area (Å²) in [4.78, 5) is 36.7. The zero-order chi connectivity index (χ0) is 23.2. The smallest absolute Gasteiger partial charge is 0.244 e. The van der Waals surface area contributed by atoms with Gasteiger partial charge in [-0.2, -0.15) is 0 Å². The van der Waals surface area contributed by atoms with Gasteiger partial charge in [0, 0.05) is 44.2 Å². The van der Waals surface area contributed by atoms with E-state index >= 15 is 0 Å². The summed E-state index contributed by atoms with van der Waals surface area (Å²) in [5, 5.41) is 4.90. The van der Waals surface area contributed by atoms with E-state index in [1.54, 1.807) is 29.8 Å². The first-order chi connectivity index (χ1) is 16.0. The van der Waals surface area contributed by atoms with Crippen molar-refractivity contribution in [3.05, 3.63) is 71.1 Å². The third-order valence-electron chi connectivity index (χ3n) is 5.22. The Morgan fingerprint density at radius 3 is 2.79 bits per heavy atom. The van der Waals surface area contributed by atoms with Crippen molar-refractivity contribution in [1.82, 2.24) is 15.3 Å². The highest BCUT2D eigenvalue weighted by Crippen LogP contribution is 2.31. The van der Waals surface area contributed by atoms with E-state index in [1.165, 1.54) is 54.2 Å². The molecule has 3 heterocycles. The molecule has 1 aromatic carbocycles. The summed E-state index contributed by atoms with van der Waals surface area (Å²) in [6.45, 7) is 3.77. The summed E-state index contributed by atoms with van der Waals surface area (Å²) in [6.07, 6.45) is 7.07. The van der Waals surface area contributed by atoms with E-state index in [0.29, 0.717) is 17.4 Å². The van der Waals surface area contributed by atoms with Crippen LogP contribution in [-0.4, -0.2) is 34.9 Å². The number of aromatic nitrogens is 2. The number of pyridine rings is 1. The third kappa shape index (κ3) is 5.61. The highest BCUT2D eigenvalue weighted by molar-refractivity contribution is 7.14. The van der Waals surface area contributed by atoms with Crippen LogP contribution in [0.5, 0.6) is 0 Å². The minimum Gasteiger partial charge on any atom is -0.357 e. The Bertz CT molecular complexity index is 1170. The van der Waals surface area contributed by atoms with Crippen molar-refractivity contribution in [2.24, 2.45) is 0 Å². The third-order valence-corrected chi connectivity index (χ3v) is 6.07. The molecule has 0 saturated carbocycles. The molecule has 170 valence electrons. The van der Waals surface area contributed by atoms with Gasteiger partial charge < -0.3 is 10.2 Å². The first-order valence-electron chi connectivity index (χ1n) is 10.7. The molecule has 0 atom stereocenters. The van der Waals surface area contributed by atoms with Gasteiger partial charge in [-0.1, -0.05) is 12.1 Å². The predicted octanol–water partition coefficient (Wildman–Crippen LogP) is 4.29. The molecule has 0 bridgehead atoms. The molecule has 1 aliphatic rings. The second kappa shape index (κ2) is 10.4. The van der Waals surface area contributed by atoms with Gasteiger partial charge in [-0.3, -0.25) is 14.5 Å². The van der Waals surface area contributed by atoms with E-state index in [9.17, 15) is 14.0 Å². The average Bonchev–Trinajstić information content (AvgIpc) is 3.50. The fraction of sp³-hybridized carbons (Fsp3) is 0.250. The van der Waals surface area contributed by atoms with E-state index in [2.05, 4.69) is 20.2 Å². The van der Waals surface area contributed by atoms with Crippen LogP contribution in [0.3, 0.4) is 0 Å². The maximum Gasteiger partial charge on any atom is 0.244 e. The van der Waals surface area contributed by atoms with Gasteiger partial charge in [0.05, 0.1) is 11.4 Å². The lowest BCUT2D eigenvalue weighted by atomic mass is 10.2. The monoisotopic (exact) mass is 465 g/mol. The molecule has 9 heteroatoms. The number of thiazole rings is 1. The molecule has 2 aromatic heterocycles. The zero-order valence-electron chi connectivity index (χ0n) is 18.2. The summed E-state index contributed by atoms with van der Waals surface area (Å²) in [5.41, 5.74) is 1.62. The molecule has 0 radical (unpaired) electrons. The molecule has 7 nitrogen and oxygen atoms in total. The summed E-state index contributed by atoms with van der Waals surface area (Å²) < 4.78 is 14.2. The number of anilines is 3. The van der Waals surface area contributed by atoms with Crippen LogP contribution < -0.4 is 15.1 Å². The van der Waals surface area contributed by atoms with Crippen molar-refractivity contribution >= 4 is 45.9 Å². The van der Waals surface area contributed by atoms with Crippen LogP contribution >= 0.6 is 11.3 Å². The first kappa shape index (κ1) is 22.6. The molecule has 4 rings (SSSR count). The zero-order valence-corrected chi connectivity index (χ0v) is 19.0. The van der Waals surface area contributed by atoms with Gasteiger partial charge in [-0.25, -0.2) is 14.4 Å². The van der Waals surface area contributed by atoms with E-state index in [0.717, 1.165) is 24.5 Å².